The van der Waals surface area contributed by atoms with Crippen molar-refractivity contribution >= 4 is 47.9 Å². The molecule has 3 rings (SSSR count). The van der Waals surface area contributed by atoms with Gasteiger partial charge in [-0.15, -0.1) is 12.4 Å². The van der Waals surface area contributed by atoms with Crippen LogP contribution >= 0.6 is 19.8 Å². The number of benzene rings is 2. The molecule has 0 spiro atoms. The van der Waals surface area contributed by atoms with Gasteiger partial charge in [-0.2, -0.15) is 0 Å². The molecule has 1 unspecified atom stereocenters. The Bertz CT molecular complexity index is 1210. The van der Waals surface area contributed by atoms with Gasteiger partial charge in [0.05, 0.1) is 24.2 Å². The van der Waals surface area contributed by atoms with E-state index in [0.717, 1.165) is 36.2 Å². The number of ether oxygens (including phenoxy) is 1. The summed E-state index contributed by atoms with van der Waals surface area (Å²) in [6.07, 6.45) is 3.07. The molecule has 35 heavy (non-hydrogen) atoms. The summed E-state index contributed by atoms with van der Waals surface area (Å²) in [5, 5.41) is 8.00. The number of halogens is 1. The Kier molecular flexibility index (Phi) is 10.5. The van der Waals surface area contributed by atoms with Gasteiger partial charge in [0, 0.05) is 24.3 Å². The lowest BCUT2D eigenvalue weighted by Gasteiger charge is -2.18. The highest BCUT2D eigenvalue weighted by Crippen LogP contribution is 2.46. The number of hydrogen-bond donors (Lipinski definition) is 2. The maximum absolute atomic E-state index is 13.8. The Morgan fingerprint density at radius 1 is 1.14 bits per heavy atom. The van der Waals surface area contributed by atoms with Gasteiger partial charge >= 0.3 is 5.97 Å². The maximum atomic E-state index is 13.8. The number of carbonyl (C=O) groups is 1. The van der Waals surface area contributed by atoms with Crippen LogP contribution in [0.1, 0.15) is 50.1 Å². The summed E-state index contributed by atoms with van der Waals surface area (Å²) in [5.41, 5.74) is 8.84. The summed E-state index contributed by atoms with van der Waals surface area (Å²) in [5.74, 6) is 0.343. The van der Waals surface area contributed by atoms with Crippen LogP contribution in [0.3, 0.4) is 0 Å². The van der Waals surface area contributed by atoms with Gasteiger partial charge in [-0.3, -0.25) is 14.8 Å². The molecule has 0 aliphatic heterocycles. The summed E-state index contributed by atoms with van der Waals surface area (Å²) >= 11 is 0. The standard InChI is InChI=1S/C25H33N4O4P.ClH/c1-4-6-7-14-33-34(31,17-24(30)32-5-2)20-12-13-22-21(16-20)28-23(29(22)3)15-18-8-10-19(11-9-18)25(26)27;/h8-13,16H,4-7,14-15,17H2,1-3H3,(H3,26,27);1H. The highest BCUT2D eigenvalue weighted by Gasteiger charge is 2.31. The first-order valence-corrected chi connectivity index (χ1v) is 13.4. The quantitative estimate of drug-likeness (QED) is 0.119. The van der Waals surface area contributed by atoms with Gasteiger partial charge < -0.3 is 19.6 Å². The van der Waals surface area contributed by atoms with E-state index in [1.807, 2.05) is 41.9 Å². The molecule has 10 heteroatoms. The molecule has 8 nitrogen and oxygen atoms in total. The van der Waals surface area contributed by atoms with Crippen LogP contribution in [0.2, 0.25) is 0 Å². The molecular formula is C25H34ClN4O4P. The summed E-state index contributed by atoms with van der Waals surface area (Å²) in [6, 6.07) is 12.9. The second kappa shape index (κ2) is 12.9. The van der Waals surface area contributed by atoms with Crippen LogP contribution in [-0.4, -0.2) is 40.7 Å². The zero-order valence-electron chi connectivity index (χ0n) is 20.5. The normalized spacial score (nSPS) is 12.7. The lowest BCUT2D eigenvalue weighted by Crippen LogP contribution is -2.18. The molecular weight excluding hydrogens is 487 g/mol. The minimum atomic E-state index is -3.45. The Morgan fingerprint density at radius 3 is 2.49 bits per heavy atom. The number of fused-ring (bicyclic) bond motifs is 1. The third kappa shape index (κ3) is 7.17. The number of nitrogens with two attached hydrogens (primary N) is 1. The van der Waals surface area contributed by atoms with Crippen molar-refractivity contribution in [3.8, 4) is 0 Å². The van der Waals surface area contributed by atoms with E-state index in [1.54, 1.807) is 19.1 Å². The smallest absolute Gasteiger partial charge is 0.315 e. The summed E-state index contributed by atoms with van der Waals surface area (Å²) in [6.45, 7) is 4.36. The van der Waals surface area contributed by atoms with Crippen molar-refractivity contribution in [3.63, 3.8) is 0 Å². The average Bonchev–Trinajstić information content (AvgIpc) is 3.12. The summed E-state index contributed by atoms with van der Waals surface area (Å²) in [4.78, 5) is 17.0. The SMILES string of the molecule is CCCCCOP(=O)(CC(=O)OCC)c1ccc2c(c1)nc(Cc1ccc(C(=N)N)cc1)n2C.Cl. The molecule has 1 heterocycles. The number of nitrogen functional groups attached to an aromatic ring is 1. The van der Waals surface area contributed by atoms with E-state index in [0.29, 0.717) is 29.4 Å². The van der Waals surface area contributed by atoms with Crippen LogP contribution in [-0.2, 0) is 32.1 Å². The molecule has 0 bridgehead atoms. The lowest BCUT2D eigenvalue weighted by molar-refractivity contribution is -0.140. The van der Waals surface area contributed by atoms with Crippen LogP contribution in [0.4, 0.5) is 0 Å². The molecule has 1 atom stereocenters. The fourth-order valence-electron chi connectivity index (χ4n) is 3.74. The van der Waals surface area contributed by atoms with Crippen molar-refractivity contribution in [2.45, 2.75) is 39.5 Å². The first-order valence-electron chi connectivity index (χ1n) is 11.6. The van der Waals surface area contributed by atoms with Gasteiger partial charge in [0.15, 0.2) is 0 Å². The Hall–Kier alpha value is -2.67. The second-order valence-electron chi connectivity index (χ2n) is 8.22. The molecule has 0 aliphatic rings. The molecule has 0 amide bonds. The molecule has 0 radical (unpaired) electrons. The fourth-order valence-corrected chi connectivity index (χ4v) is 5.64. The van der Waals surface area contributed by atoms with Crippen molar-refractivity contribution in [1.29, 1.82) is 5.41 Å². The maximum Gasteiger partial charge on any atom is 0.315 e. The van der Waals surface area contributed by atoms with E-state index in [9.17, 15) is 9.36 Å². The van der Waals surface area contributed by atoms with Crippen molar-refractivity contribution in [1.82, 2.24) is 9.55 Å². The predicted octanol–water partition coefficient (Wildman–Crippen LogP) is 4.54. The number of amidine groups is 1. The Balaban J connectivity index is 0.00000432. The van der Waals surface area contributed by atoms with Crippen LogP contribution < -0.4 is 11.0 Å². The van der Waals surface area contributed by atoms with Gasteiger partial charge in [0.1, 0.15) is 17.8 Å². The van der Waals surface area contributed by atoms with E-state index in [-0.39, 0.29) is 31.0 Å². The topological polar surface area (TPSA) is 120 Å². The lowest BCUT2D eigenvalue weighted by atomic mass is 10.1. The van der Waals surface area contributed by atoms with E-state index in [4.69, 9.17) is 25.4 Å². The minimum absolute atomic E-state index is 0. The molecule has 1 aromatic heterocycles. The number of imidazole rings is 1. The van der Waals surface area contributed by atoms with E-state index >= 15 is 0 Å². The number of aromatic nitrogens is 2. The number of nitrogens with zero attached hydrogens (tertiary/aromatic N) is 2. The zero-order chi connectivity index (χ0) is 24.7. The van der Waals surface area contributed by atoms with Crippen LogP contribution in [0, 0.1) is 5.41 Å². The van der Waals surface area contributed by atoms with E-state index in [2.05, 4.69) is 6.92 Å². The van der Waals surface area contributed by atoms with Crippen LogP contribution in [0.5, 0.6) is 0 Å². The first-order chi connectivity index (χ1) is 16.3. The van der Waals surface area contributed by atoms with E-state index in [1.165, 1.54) is 0 Å². The number of esters is 1. The molecule has 0 saturated heterocycles. The summed E-state index contributed by atoms with van der Waals surface area (Å²) in [7, 11) is -1.51. The number of nitrogens with one attached hydrogen (secondary N) is 1. The highest BCUT2D eigenvalue weighted by molar-refractivity contribution is 7.67. The largest absolute Gasteiger partial charge is 0.466 e. The third-order valence-corrected chi connectivity index (χ3v) is 8.01. The fraction of sp³-hybridized carbons (Fsp3) is 0.400. The molecule has 0 aliphatic carbocycles. The van der Waals surface area contributed by atoms with Gasteiger partial charge in [-0.05, 0) is 37.1 Å². The van der Waals surface area contributed by atoms with Crippen LogP contribution in [0.15, 0.2) is 42.5 Å². The molecule has 190 valence electrons. The van der Waals surface area contributed by atoms with Gasteiger partial charge in [0.25, 0.3) is 0 Å². The number of carbonyl (C=O) groups excluding carboxylic acids is 1. The van der Waals surface area contributed by atoms with Crippen molar-refractivity contribution in [2.75, 3.05) is 19.4 Å². The van der Waals surface area contributed by atoms with Gasteiger partial charge in [-0.1, -0.05) is 44.0 Å². The monoisotopic (exact) mass is 520 g/mol. The van der Waals surface area contributed by atoms with Gasteiger partial charge in [0.2, 0.25) is 7.37 Å². The molecule has 0 fully saturated rings. The number of aryl methyl sites for hydroxylation is 1. The van der Waals surface area contributed by atoms with Gasteiger partial charge in [-0.25, -0.2) is 4.98 Å². The number of rotatable bonds is 12. The zero-order valence-corrected chi connectivity index (χ0v) is 22.2. The van der Waals surface area contributed by atoms with E-state index < -0.39 is 13.3 Å². The number of hydrogen-bond acceptors (Lipinski definition) is 6. The summed E-state index contributed by atoms with van der Waals surface area (Å²) < 4.78 is 26.7. The van der Waals surface area contributed by atoms with Crippen molar-refractivity contribution in [2.24, 2.45) is 12.8 Å². The molecule has 3 N–H and O–H groups in total. The highest BCUT2D eigenvalue weighted by atomic mass is 35.5. The molecule has 3 aromatic rings. The molecule has 2 aromatic carbocycles. The number of unbranched alkanes of at least 4 members (excludes halogenated alkanes) is 2. The first kappa shape index (κ1) is 28.6. The molecule has 0 saturated carbocycles. The Labute approximate surface area is 212 Å². The second-order valence-corrected chi connectivity index (χ2v) is 10.7. The van der Waals surface area contributed by atoms with Crippen molar-refractivity contribution < 1.29 is 18.6 Å². The predicted molar refractivity (Wildman–Crippen MR) is 142 cm³/mol. The third-order valence-electron chi connectivity index (χ3n) is 5.67. The minimum Gasteiger partial charge on any atom is -0.466 e. The van der Waals surface area contributed by atoms with Crippen molar-refractivity contribution in [3.05, 3.63) is 59.4 Å². The average molecular weight is 521 g/mol. The Morgan fingerprint density at radius 2 is 1.86 bits per heavy atom. The van der Waals surface area contributed by atoms with Crippen LogP contribution in [0.25, 0.3) is 11.0 Å².